The highest BCUT2D eigenvalue weighted by molar-refractivity contribution is 7.89. The summed E-state index contributed by atoms with van der Waals surface area (Å²) in [5, 5.41) is 17.6. The number of nitrogens with one attached hydrogen (secondary N) is 1. The van der Waals surface area contributed by atoms with Crippen LogP contribution in [-0.4, -0.2) is 26.0 Å². The second-order valence-electron chi connectivity index (χ2n) is 4.60. The molecule has 0 aromatic heterocycles. The highest BCUT2D eigenvalue weighted by Crippen LogP contribution is 2.21. The number of aromatic carboxylic acids is 1. The molecule has 0 heterocycles. The molecule has 108 valence electrons. The summed E-state index contributed by atoms with van der Waals surface area (Å²) in [6, 6.07) is 4.48. The lowest BCUT2D eigenvalue weighted by Crippen LogP contribution is -2.29. The van der Waals surface area contributed by atoms with Crippen molar-refractivity contribution in [2.24, 2.45) is 5.92 Å². The van der Waals surface area contributed by atoms with E-state index < -0.39 is 21.9 Å². The largest absolute Gasteiger partial charge is 0.478 e. The first-order chi connectivity index (χ1) is 9.19. The molecule has 0 amide bonds. The van der Waals surface area contributed by atoms with Crippen LogP contribution in [0.15, 0.2) is 17.0 Å². The van der Waals surface area contributed by atoms with E-state index in [4.69, 9.17) is 10.4 Å². The number of hydrogen-bond acceptors (Lipinski definition) is 4. The molecule has 0 radical (unpaired) electrons. The Bertz CT molecular complexity index is 674. The molecule has 1 aromatic carbocycles. The van der Waals surface area contributed by atoms with Crippen LogP contribution >= 0.6 is 0 Å². The number of nitriles is 1. The minimum Gasteiger partial charge on any atom is -0.478 e. The number of carbonyl (C=O) groups is 1. The lowest BCUT2D eigenvalue weighted by Gasteiger charge is -2.13. The Hall–Kier alpha value is -1.91. The van der Waals surface area contributed by atoms with Crippen molar-refractivity contribution in [3.05, 3.63) is 28.8 Å². The van der Waals surface area contributed by atoms with Crippen LogP contribution in [0, 0.1) is 31.1 Å². The highest BCUT2D eigenvalue weighted by Gasteiger charge is 2.21. The summed E-state index contributed by atoms with van der Waals surface area (Å²) in [5.41, 5.74) is 0.993. The number of hydrogen-bond donors (Lipinski definition) is 2. The van der Waals surface area contributed by atoms with E-state index >= 15 is 0 Å². The van der Waals surface area contributed by atoms with Crippen LogP contribution in [-0.2, 0) is 10.0 Å². The van der Waals surface area contributed by atoms with Crippen LogP contribution in [0.3, 0.4) is 0 Å². The van der Waals surface area contributed by atoms with Crippen molar-refractivity contribution in [1.82, 2.24) is 4.72 Å². The molecular weight excluding hydrogens is 280 g/mol. The molecule has 1 rings (SSSR count). The minimum atomic E-state index is -3.84. The van der Waals surface area contributed by atoms with Crippen LogP contribution in [0.5, 0.6) is 0 Å². The third-order valence-electron chi connectivity index (χ3n) is 2.96. The van der Waals surface area contributed by atoms with Gasteiger partial charge >= 0.3 is 5.97 Å². The number of rotatable bonds is 5. The predicted octanol–water partition coefficient (Wildman–Crippen LogP) is 1.44. The van der Waals surface area contributed by atoms with Crippen molar-refractivity contribution in [1.29, 1.82) is 5.26 Å². The van der Waals surface area contributed by atoms with Crippen LogP contribution in [0.2, 0.25) is 0 Å². The van der Waals surface area contributed by atoms with Crippen LogP contribution in [0.4, 0.5) is 0 Å². The molecule has 0 aliphatic carbocycles. The summed E-state index contributed by atoms with van der Waals surface area (Å²) in [7, 11) is -3.84. The summed E-state index contributed by atoms with van der Waals surface area (Å²) >= 11 is 0. The molecule has 0 aliphatic heterocycles. The lowest BCUT2D eigenvalue weighted by atomic mass is 10.1. The normalized spacial score (nSPS) is 12.7. The molecule has 20 heavy (non-hydrogen) atoms. The van der Waals surface area contributed by atoms with Gasteiger partial charge in [0.25, 0.3) is 0 Å². The summed E-state index contributed by atoms with van der Waals surface area (Å²) in [6.45, 7) is 4.84. The van der Waals surface area contributed by atoms with Gasteiger partial charge in [-0.05, 0) is 44.0 Å². The van der Waals surface area contributed by atoms with Gasteiger partial charge in [0, 0.05) is 6.54 Å². The van der Waals surface area contributed by atoms with E-state index in [1.807, 2.05) is 6.07 Å². The van der Waals surface area contributed by atoms with Gasteiger partial charge in [0.15, 0.2) is 0 Å². The van der Waals surface area contributed by atoms with Crippen molar-refractivity contribution in [3.8, 4) is 6.07 Å². The van der Waals surface area contributed by atoms with Crippen molar-refractivity contribution in [2.45, 2.75) is 25.7 Å². The fourth-order valence-corrected chi connectivity index (χ4v) is 3.06. The average Bonchev–Trinajstić information content (AvgIpc) is 2.38. The van der Waals surface area contributed by atoms with E-state index in [2.05, 4.69) is 4.72 Å². The Labute approximate surface area is 118 Å². The van der Waals surface area contributed by atoms with Crippen molar-refractivity contribution >= 4 is 16.0 Å². The molecule has 7 heteroatoms. The molecule has 6 nitrogen and oxygen atoms in total. The topological polar surface area (TPSA) is 107 Å². The molecule has 0 bridgehead atoms. The van der Waals surface area contributed by atoms with Crippen LogP contribution in [0.1, 0.15) is 28.4 Å². The Balaban J connectivity index is 3.24. The van der Waals surface area contributed by atoms with E-state index in [0.717, 1.165) is 6.07 Å². The Kier molecular flexibility index (Phi) is 4.87. The van der Waals surface area contributed by atoms with Crippen molar-refractivity contribution in [3.63, 3.8) is 0 Å². The van der Waals surface area contributed by atoms with E-state index in [1.165, 1.54) is 6.07 Å². The van der Waals surface area contributed by atoms with E-state index in [0.29, 0.717) is 11.1 Å². The summed E-state index contributed by atoms with van der Waals surface area (Å²) in [5.74, 6) is -1.65. The van der Waals surface area contributed by atoms with Gasteiger partial charge < -0.3 is 5.11 Å². The van der Waals surface area contributed by atoms with E-state index in [-0.39, 0.29) is 17.0 Å². The first-order valence-corrected chi connectivity index (χ1v) is 7.41. The monoisotopic (exact) mass is 296 g/mol. The minimum absolute atomic E-state index is 0.0192. The van der Waals surface area contributed by atoms with E-state index in [1.54, 1.807) is 20.8 Å². The number of benzene rings is 1. The molecule has 1 unspecified atom stereocenters. The van der Waals surface area contributed by atoms with E-state index in [9.17, 15) is 13.2 Å². The van der Waals surface area contributed by atoms with Crippen LogP contribution < -0.4 is 4.72 Å². The zero-order chi connectivity index (χ0) is 15.5. The zero-order valence-corrected chi connectivity index (χ0v) is 12.3. The molecule has 2 N–H and O–H groups in total. The maximum atomic E-state index is 12.2. The van der Waals surface area contributed by atoms with Gasteiger partial charge in [-0.3, -0.25) is 0 Å². The first-order valence-electron chi connectivity index (χ1n) is 5.93. The van der Waals surface area contributed by atoms with Gasteiger partial charge in [0.1, 0.15) is 0 Å². The quantitative estimate of drug-likeness (QED) is 0.854. The van der Waals surface area contributed by atoms with Gasteiger partial charge in [-0.2, -0.15) is 5.26 Å². The predicted molar refractivity (Wildman–Crippen MR) is 72.8 cm³/mol. The standard InChI is InChI=1S/C13H16N2O4S/c1-8(6-14)7-15-20(18,19)12-5-11(13(16)17)4-9(2)10(12)3/h4-5,8,15H,7H2,1-3H3,(H,16,17). The average molecular weight is 296 g/mol. The molecule has 0 fully saturated rings. The second kappa shape index (κ2) is 6.03. The molecule has 1 atom stereocenters. The van der Waals surface area contributed by atoms with Gasteiger partial charge in [-0.1, -0.05) is 0 Å². The van der Waals surface area contributed by atoms with Crippen LogP contribution in [0.25, 0.3) is 0 Å². The zero-order valence-electron chi connectivity index (χ0n) is 11.5. The summed E-state index contributed by atoms with van der Waals surface area (Å²) < 4.78 is 26.7. The third kappa shape index (κ3) is 3.56. The Morgan fingerprint density at radius 2 is 2.05 bits per heavy atom. The molecule has 0 aliphatic rings. The lowest BCUT2D eigenvalue weighted by molar-refractivity contribution is 0.0696. The Morgan fingerprint density at radius 3 is 2.55 bits per heavy atom. The number of aryl methyl sites for hydroxylation is 1. The maximum Gasteiger partial charge on any atom is 0.335 e. The third-order valence-corrected chi connectivity index (χ3v) is 4.51. The second-order valence-corrected chi connectivity index (χ2v) is 6.34. The fourth-order valence-electron chi connectivity index (χ4n) is 1.59. The SMILES string of the molecule is Cc1cc(C(=O)O)cc(S(=O)(=O)NCC(C)C#N)c1C. The Morgan fingerprint density at radius 1 is 1.45 bits per heavy atom. The summed E-state index contributed by atoms with van der Waals surface area (Å²) in [6.07, 6.45) is 0. The van der Waals surface area contributed by atoms with Crippen molar-refractivity contribution in [2.75, 3.05) is 6.54 Å². The molecule has 1 aromatic rings. The maximum absolute atomic E-state index is 12.2. The number of carboxylic acids is 1. The number of carboxylic acid groups (broad SMARTS) is 1. The first kappa shape index (κ1) is 16.1. The van der Waals surface area contributed by atoms with Gasteiger partial charge in [-0.25, -0.2) is 17.9 Å². The number of nitrogens with zero attached hydrogens (tertiary/aromatic N) is 1. The number of sulfonamides is 1. The fraction of sp³-hybridized carbons (Fsp3) is 0.385. The highest BCUT2D eigenvalue weighted by atomic mass is 32.2. The van der Waals surface area contributed by atoms with Gasteiger partial charge in [0.05, 0.1) is 22.4 Å². The van der Waals surface area contributed by atoms with Gasteiger partial charge in [0.2, 0.25) is 10.0 Å². The molecule has 0 saturated heterocycles. The van der Waals surface area contributed by atoms with Crippen molar-refractivity contribution < 1.29 is 18.3 Å². The molecule has 0 spiro atoms. The molecule has 0 saturated carbocycles. The summed E-state index contributed by atoms with van der Waals surface area (Å²) in [4.78, 5) is 10.9. The smallest absolute Gasteiger partial charge is 0.335 e. The van der Waals surface area contributed by atoms with Gasteiger partial charge in [-0.15, -0.1) is 0 Å². The molecular formula is C13H16N2O4S.